The Balaban J connectivity index is 1.73. The first-order valence-corrected chi connectivity index (χ1v) is 7.78. The molecular weight excluding hydrogens is 306 g/mol. The molecule has 5 nitrogen and oxygen atoms in total. The molecule has 24 heavy (non-hydrogen) atoms. The van der Waals surface area contributed by atoms with Crippen LogP contribution in [0.3, 0.4) is 0 Å². The molecule has 0 N–H and O–H groups in total. The zero-order valence-corrected chi connectivity index (χ0v) is 13.1. The average Bonchev–Trinajstić information content (AvgIpc) is 2.68. The first kappa shape index (κ1) is 16.1. The lowest BCUT2D eigenvalue weighted by Crippen LogP contribution is -2.40. The third kappa shape index (κ3) is 3.41. The van der Waals surface area contributed by atoms with E-state index in [9.17, 15) is 14.4 Å². The fourth-order valence-corrected chi connectivity index (χ4v) is 2.56. The molecule has 0 aromatic heterocycles. The van der Waals surface area contributed by atoms with Gasteiger partial charge in [0.05, 0.1) is 13.2 Å². The quantitative estimate of drug-likeness (QED) is 0.639. The molecule has 0 saturated carbocycles. The standard InChI is InChI=1S/C19H17NO4/c21-17(14-4-2-1-3-5-14)18(22)15-6-8-16(9-7-15)19(23)20-10-12-24-13-11-20/h1-9H,10-13H2. The van der Waals surface area contributed by atoms with E-state index < -0.39 is 11.6 Å². The molecule has 1 heterocycles. The zero-order chi connectivity index (χ0) is 16.9. The van der Waals surface area contributed by atoms with E-state index in [4.69, 9.17) is 4.74 Å². The topological polar surface area (TPSA) is 63.7 Å². The van der Waals surface area contributed by atoms with E-state index in [0.29, 0.717) is 37.4 Å². The maximum Gasteiger partial charge on any atom is 0.254 e. The molecule has 1 amide bonds. The highest BCUT2D eigenvalue weighted by molar-refractivity contribution is 6.49. The van der Waals surface area contributed by atoms with Crippen LogP contribution in [0.5, 0.6) is 0 Å². The van der Waals surface area contributed by atoms with Crippen molar-refractivity contribution >= 4 is 17.5 Å². The summed E-state index contributed by atoms with van der Waals surface area (Å²) >= 11 is 0. The van der Waals surface area contributed by atoms with E-state index in [1.807, 2.05) is 0 Å². The van der Waals surface area contributed by atoms with Gasteiger partial charge in [-0.1, -0.05) is 42.5 Å². The molecule has 0 radical (unpaired) electrons. The van der Waals surface area contributed by atoms with Gasteiger partial charge in [0.2, 0.25) is 11.6 Å². The van der Waals surface area contributed by atoms with Crippen molar-refractivity contribution in [3.8, 4) is 0 Å². The van der Waals surface area contributed by atoms with E-state index in [0.717, 1.165) is 0 Å². The Labute approximate surface area is 139 Å². The summed E-state index contributed by atoms with van der Waals surface area (Å²) in [7, 11) is 0. The van der Waals surface area contributed by atoms with E-state index in [1.54, 1.807) is 47.4 Å². The Morgan fingerprint density at radius 3 is 1.79 bits per heavy atom. The van der Waals surface area contributed by atoms with Crippen LogP contribution in [0.1, 0.15) is 31.1 Å². The number of morpholine rings is 1. The fourth-order valence-electron chi connectivity index (χ4n) is 2.56. The van der Waals surface area contributed by atoms with Crippen LogP contribution in [-0.4, -0.2) is 48.7 Å². The number of hydrogen-bond acceptors (Lipinski definition) is 4. The fraction of sp³-hybridized carbons (Fsp3) is 0.211. The summed E-state index contributed by atoms with van der Waals surface area (Å²) in [4.78, 5) is 38.5. The van der Waals surface area contributed by atoms with Crippen molar-refractivity contribution in [1.82, 2.24) is 4.90 Å². The monoisotopic (exact) mass is 323 g/mol. The molecule has 1 saturated heterocycles. The maximum absolute atomic E-state index is 12.4. The normalized spacial score (nSPS) is 14.2. The predicted octanol–water partition coefficient (Wildman–Crippen LogP) is 2.22. The van der Waals surface area contributed by atoms with Crippen LogP contribution in [-0.2, 0) is 4.74 Å². The molecule has 0 spiro atoms. The van der Waals surface area contributed by atoms with Crippen LogP contribution in [0.2, 0.25) is 0 Å². The van der Waals surface area contributed by atoms with E-state index in [-0.39, 0.29) is 11.5 Å². The highest BCUT2D eigenvalue weighted by Crippen LogP contribution is 2.12. The largest absolute Gasteiger partial charge is 0.378 e. The van der Waals surface area contributed by atoms with Crippen LogP contribution in [0.15, 0.2) is 54.6 Å². The minimum atomic E-state index is -0.577. The van der Waals surface area contributed by atoms with Gasteiger partial charge in [-0.2, -0.15) is 0 Å². The summed E-state index contributed by atoms with van der Waals surface area (Å²) in [6.45, 7) is 2.19. The van der Waals surface area contributed by atoms with Gasteiger partial charge in [0.1, 0.15) is 0 Å². The number of carbonyl (C=O) groups is 3. The summed E-state index contributed by atoms with van der Waals surface area (Å²) in [5.74, 6) is -1.22. The highest BCUT2D eigenvalue weighted by atomic mass is 16.5. The number of nitrogens with zero attached hydrogens (tertiary/aromatic N) is 1. The van der Waals surface area contributed by atoms with Crippen molar-refractivity contribution in [2.75, 3.05) is 26.3 Å². The van der Waals surface area contributed by atoms with Crippen molar-refractivity contribution in [2.24, 2.45) is 0 Å². The third-order valence-electron chi connectivity index (χ3n) is 3.93. The number of hydrogen-bond donors (Lipinski definition) is 0. The second-order valence-electron chi connectivity index (χ2n) is 5.51. The summed E-state index contributed by atoms with van der Waals surface area (Å²) in [6.07, 6.45) is 0. The predicted molar refractivity (Wildman–Crippen MR) is 88.3 cm³/mol. The van der Waals surface area contributed by atoms with Gasteiger partial charge < -0.3 is 9.64 Å². The van der Waals surface area contributed by atoms with Gasteiger partial charge in [-0.3, -0.25) is 14.4 Å². The average molecular weight is 323 g/mol. The number of ether oxygens (including phenoxy) is 1. The second kappa shape index (κ2) is 7.19. The Morgan fingerprint density at radius 2 is 1.21 bits per heavy atom. The van der Waals surface area contributed by atoms with Crippen molar-refractivity contribution < 1.29 is 19.1 Å². The van der Waals surface area contributed by atoms with Crippen molar-refractivity contribution in [1.29, 1.82) is 0 Å². The molecule has 3 rings (SSSR count). The van der Waals surface area contributed by atoms with Crippen LogP contribution in [0, 0.1) is 0 Å². The molecule has 0 atom stereocenters. The summed E-state index contributed by atoms with van der Waals surface area (Å²) < 4.78 is 5.23. The first-order valence-electron chi connectivity index (χ1n) is 7.78. The molecule has 1 aliphatic rings. The smallest absolute Gasteiger partial charge is 0.254 e. The summed E-state index contributed by atoms with van der Waals surface area (Å²) in [5.41, 5.74) is 1.14. The highest BCUT2D eigenvalue weighted by Gasteiger charge is 2.21. The van der Waals surface area contributed by atoms with Gasteiger partial charge in [-0.25, -0.2) is 0 Å². The van der Waals surface area contributed by atoms with Gasteiger partial charge in [-0.05, 0) is 12.1 Å². The van der Waals surface area contributed by atoms with Crippen LogP contribution >= 0.6 is 0 Å². The number of ketones is 2. The van der Waals surface area contributed by atoms with Gasteiger partial charge in [0.15, 0.2) is 0 Å². The lowest BCUT2D eigenvalue weighted by atomic mass is 10.0. The van der Waals surface area contributed by atoms with Gasteiger partial charge in [0, 0.05) is 29.8 Å². The summed E-state index contributed by atoms with van der Waals surface area (Å²) in [5, 5.41) is 0. The van der Waals surface area contributed by atoms with Crippen molar-refractivity contribution in [2.45, 2.75) is 0 Å². The zero-order valence-electron chi connectivity index (χ0n) is 13.1. The molecule has 0 bridgehead atoms. The molecule has 122 valence electrons. The van der Waals surface area contributed by atoms with Crippen molar-refractivity contribution in [3.05, 3.63) is 71.3 Å². The van der Waals surface area contributed by atoms with Crippen LogP contribution in [0.25, 0.3) is 0 Å². The van der Waals surface area contributed by atoms with E-state index in [1.165, 1.54) is 12.1 Å². The number of carbonyl (C=O) groups excluding carboxylic acids is 3. The number of benzene rings is 2. The van der Waals surface area contributed by atoms with Gasteiger partial charge in [-0.15, -0.1) is 0 Å². The van der Waals surface area contributed by atoms with E-state index >= 15 is 0 Å². The lowest BCUT2D eigenvalue weighted by Gasteiger charge is -2.26. The number of amides is 1. The Morgan fingerprint density at radius 1 is 0.708 bits per heavy atom. The lowest BCUT2D eigenvalue weighted by molar-refractivity contribution is 0.0303. The third-order valence-corrected chi connectivity index (χ3v) is 3.93. The summed E-state index contributed by atoms with van der Waals surface area (Å²) in [6, 6.07) is 14.6. The maximum atomic E-state index is 12.4. The number of Topliss-reactive ketones (excluding diaryl/α,β-unsaturated/α-hetero) is 2. The van der Waals surface area contributed by atoms with Gasteiger partial charge >= 0.3 is 0 Å². The first-order chi connectivity index (χ1) is 11.7. The van der Waals surface area contributed by atoms with E-state index in [2.05, 4.69) is 0 Å². The van der Waals surface area contributed by atoms with Gasteiger partial charge in [0.25, 0.3) is 5.91 Å². The molecule has 5 heteroatoms. The Hall–Kier alpha value is -2.79. The van der Waals surface area contributed by atoms with Crippen LogP contribution < -0.4 is 0 Å². The van der Waals surface area contributed by atoms with Crippen LogP contribution in [0.4, 0.5) is 0 Å². The Bertz CT molecular complexity index is 747. The molecule has 1 aliphatic heterocycles. The number of rotatable bonds is 4. The molecule has 2 aromatic carbocycles. The second-order valence-corrected chi connectivity index (χ2v) is 5.51. The molecule has 0 unspecified atom stereocenters. The SMILES string of the molecule is O=C(C(=O)c1ccc(C(=O)N2CCOCC2)cc1)c1ccccc1. The molecular formula is C19H17NO4. The minimum Gasteiger partial charge on any atom is -0.378 e. The molecule has 2 aromatic rings. The minimum absolute atomic E-state index is 0.0910. The molecule has 0 aliphatic carbocycles. The van der Waals surface area contributed by atoms with Crippen molar-refractivity contribution in [3.63, 3.8) is 0 Å². The Kier molecular flexibility index (Phi) is 4.82. The molecule has 1 fully saturated rings.